The van der Waals surface area contributed by atoms with E-state index in [9.17, 15) is 25.2 Å². The standard InChI is InChI=1S/C20H14O2.C15H16O2.C13H10O3.3CH4/c21-15-9-10-16(22)20-18-12-6-2-1-5-11(12)17(19(15)20)13-7-3-4-8-14(13)18;1-15(2,11-3-7-13(16)8-4-11)12-5-9-14(17)10-6-12;14-13(15-11-7-3-1-4-8-11)16-12-9-5-2-6-10-12;;;/h1-10,17-18,21-22H;3-10,16-17H,1-2H3;1-10H;3*1H4. The Hall–Kier alpha value is -6.99. The van der Waals surface area contributed by atoms with E-state index < -0.39 is 6.16 Å². The molecule has 7 heteroatoms. The summed E-state index contributed by atoms with van der Waals surface area (Å²) in [4.78, 5) is 11.3. The van der Waals surface area contributed by atoms with Gasteiger partial charge < -0.3 is 29.9 Å². The van der Waals surface area contributed by atoms with Gasteiger partial charge in [-0.25, -0.2) is 4.79 Å². The zero-order valence-electron chi connectivity index (χ0n) is 30.3. The highest BCUT2D eigenvalue weighted by atomic mass is 16.7. The monoisotopic (exact) mass is 776 g/mol. The van der Waals surface area contributed by atoms with E-state index in [-0.39, 0.29) is 62.5 Å². The van der Waals surface area contributed by atoms with Crippen molar-refractivity contribution in [1.82, 2.24) is 0 Å². The number of para-hydroxylation sites is 2. The molecule has 2 bridgehead atoms. The quantitative estimate of drug-likeness (QED) is 0.0799. The van der Waals surface area contributed by atoms with Gasteiger partial charge in [-0.3, -0.25) is 0 Å². The first-order valence-corrected chi connectivity index (χ1v) is 17.9. The van der Waals surface area contributed by atoms with Crippen LogP contribution in [0.1, 0.15) is 92.5 Å². The van der Waals surface area contributed by atoms with Crippen LogP contribution in [0.25, 0.3) is 0 Å². The molecule has 7 aromatic rings. The number of carbonyl (C=O) groups excluding carboxylic acids is 1. The fraction of sp³-hybridized carbons (Fsp3) is 0.157. The number of hydrogen-bond donors (Lipinski definition) is 4. The van der Waals surface area contributed by atoms with Crippen LogP contribution in [0.4, 0.5) is 4.79 Å². The van der Waals surface area contributed by atoms with Crippen LogP contribution in [0.3, 0.4) is 0 Å². The van der Waals surface area contributed by atoms with E-state index in [2.05, 4.69) is 38.1 Å². The Morgan fingerprint density at radius 1 is 0.431 bits per heavy atom. The number of benzene rings is 7. The summed E-state index contributed by atoms with van der Waals surface area (Å²) in [6, 6.07) is 51.9. The summed E-state index contributed by atoms with van der Waals surface area (Å²) in [6.07, 6.45) is -0.739. The highest BCUT2D eigenvalue weighted by Crippen LogP contribution is 2.59. The SMILES string of the molecule is C.C.C.CC(C)(c1ccc(O)cc1)c1ccc(O)cc1.O=C(Oc1ccccc1)Oc1ccccc1.Oc1ccc(O)c2c1C1c3ccccc3C2c2ccccc21. The third-order valence-electron chi connectivity index (χ3n) is 10.1. The van der Waals surface area contributed by atoms with Gasteiger partial charge >= 0.3 is 6.16 Å². The first-order chi connectivity index (χ1) is 26.6. The molecule has 4 N–H and O–H groups in total. The lowest BCUT2D eigenvalue weighted by atomic mass is 9.61. The lowest BCUT2D eigenvalue weighted by Gasteiger charge is -2.42. The second kappa shape index (κ2) is 18.8. The number of phenols is 4. The van der Waals surface area contributed by atoms with E-state index in [0.29, 0.717) is 11.5 Å². The van der Waals surface area contributed by atoms with Gasteiger partial charge in [0.25, 0.3) is 0 Å². The molecule has 0 amide bonds. The average molecular weight is 777 g/mol. The first kappa shape index (κ1) is 43.7. The van der Waals surface area contributed by atoms with E-state index in [1.807, 2.05) is 60.7 Å². The van der Waals surface area contributed by atoms with Crippen molar-refractivity contribution in [3.63, 3.8) is 0 Å². The highest BCUT2D eigenvalue weighted by Gasteiger charge is 2.43. The Morgan fingerprint density at radius 2 is 0.724 bits per heavy atom. The summed E-state index contributed by atoms with van der Waals surface area (Å²) in [5, 5.41) is 39.5. The van der Waals surface area contributed by atoms with Crippen LogP contribution in [0.15, 0.2) is 170 Å². The maximum Gasteiger partial charge on any atom is 0.519 e. The van der Waals surface area contributed by atoms with Gasteiger partial charge in [-0.05, 0) is 94.0 Å². The molecule has 0 aliphatic heterocycles. The second-order valence-corrected chi connectivity index (χ2v) is 13.9. The molecule has 0 heterocycles. The highest BCUT2D eigenvalue weighted by molar-refractivity contribution is 5.72. The van der Waals surface area contributed by atoms with Crippen LogP contribution >= 0.6 is 0 Å². The van der Waals surface area contributed by atoms with Gasteiger partial charge in [0.05, 0.1) is 0 Å². The van der Waals surface area contributed by atoms with E-state index in [1.165, 1.54) is 22.3 Å². The van der Waals surface area contributed by atoms with Crippen molar-refractivity contribution in [3.05, 3.63) is 214 Å². The molecule has 7 aromatic carbocycles. The van der Waals surface area contributed by atoms with Crippen molar-refractivity contribution in [2.45, 2.75) is 53.4 Å². The van der Waals surface area contributed by atoms with E-state index in [1.54, 1.807) is 84.9 Å². The Kier molecular flexibility index (Phi) is 14.1. The molecular weight excluding hydrogens is 725 g/mol. The zero-order chi connectivity index (χ0) is 38.5. The third kappa shape index (κ3) is 9.00. The van der Waals surface area contributed by atoms with Crippen molar-refractivity contribution in [1.29, 1.82) is 0 Å². The number of phenolic OH excluding ortho intramolecular Hbond substituents is 4. The van der Waals surface area contributed by atoms with Crippen LogP contribution in [0, 0.1) is 0 Å². The largest absolute Gasteiger partial charge is 0.519 e. The van der Waals surface area contributed by atoms with Crippen molar-refractivity contribution in [2.75, 3.05) is 0 Å². The van der Waals surface area contributed by atoms with Gasteiger partial charge in [-0.15, -0.1) is 0 Å². The predicted octanol–water partition coefficient (Wildman–Crippen LogP) is 12.7. The van der Waals surface area contributed by atoms with Gasteiger partial charge in [0, 0.05) is 28.4 Å². The maximum absolute atomic E-state index is 11.3. The van der Waals surface area contributed by atoms with Crippen LogP contribution in [0.5, 0.6) is 34.5 Å². The Labute approximate surface area is 342 Å². The molecule has 0 saturated carbocycles. The summed E-state index contributed by atoms with van der Waals surface area (Å²) in [5.41, 5.74) is 8.77. The smallest absolute Gasteiger partial charge is 0.508 e. The normalized spacial score (nSPS) is 13.6. The fourth-order valence-corrected chi connectivity index (χ4v) is 7.36. The molecular formula is C51H52O7. The summed E-state index contributed by atoms with van der Waals surface area (Å²) in [7, 11) is 0. The van der Waals surface area contributed by atoms with Gasteiger partial charge in [0.1, 0.15) is 34.5 Å². The third-order valence-corrected chi connectivity index (χ3v) is 10.1. The van der Waals surface area contributed by atoms with Crippen molar-refractivity contribution >= 4 is 6.16 Å². The van der Waals surface area contributed by atoms with Crippen LogP contribution in [-0.2, 0) is 5.41 Å². The second-order valence-electron chi connectivity index (χ2n) is 13.9. The molecule has 58 heavy (non-hydrogen) atoms. The van der Waals surface area contributed by atoms with Gasteiger partial charge in [-0.1, -0.05) is 145 Å². The van der Waals surface area contributed by atoms with Crippen molar-refractivity contribution < 1.29 is 34.7 Å². The molecule has 10 rings (SSSR count). The molecule has 3 aliphatic carbocycles. The van der Waals surface area contributed by atoms with Gasteiger partial charge in [-0.2, -0.15) is 0 Å². The molecule has 0 aromatic heterocycles. The lowest BCUT2D eigenvalue weighted by Crippen LogP contribution is -2.27. The summed E-state index contributed by atoms with van der Waals surface area (Å²) in [5.74, 6) is 2.01. The minimum absolute atomic E-state index is 0. The van der Waals surface area contributed by atoms with Crippen molar-refractivity contribution in [3.8, 4) is 34.5 Å². The molecule has 0 radical (unpaired) electrons. The fourth-order valence-electron chi connectivity index (χ4n) is 7.36. The summed E-state index contributed by atoms with van der Waals surface area (Å²) in [6.45, 7) is 4.23. The molecule has 3 aliphatic rings. The van der Waals surface area contributed by atoms with E-state index in [4.69, 9.17) is 9.47 Å². The topological polar surface area (TPSA) is 116 Å². The Morgan fingerprint density at radius 3 is 1.03 bits per heavy atom. The molecule has 0 atom stereocenters. The van der Waals surface area contributed by atoms with Gasteiger partial charge in [0.15, 0.2) is 0 Å². The van der Waals surface area contributed by atoms with Crippen molar-refractivity contribution in [2.24, 2.45) is 0 Å². The maximum atomic E-state index is 11.3. The number of hydrogen-bond acceptors (Lipinski definition) is 7. The first-order valence-electron chi connectivity index (χ1n) is 17.9. The summed E-state index contributed by atoms with van der Waals surface area (Å²) < 4.78 is 9.91. The predicted molar refractivity (Wildman–Crippen MR) is 233 cm³/mol. The molecule has 0 spiro atoms. The van der Waals surface area contributed by atoms with Crippen LogP contribution in [0.2, 0.25) is 0 Å². The van der Waals surface area contributed by atoms with E-state index >= 15 is 0 Å². The number of ether oxygens (including phenoxy) is 2. The van der Waals surface area contributed by atoms with Gasteiger partial charge in [0.2, 0.25) is 0 Å². The zero-order valence-corrected chi connectivity index (χ0v) is 30.3. The molecule has 7 nitrogen and oxygen atoms in total. The molecule has 0 saturated heterocycles. The molecule has 0 fully saturated rings. The summed E-state index contributed by atoms with van der Waals surface area (Å²) >= 11 is 0. The minimum atomic E-state index is -0.739. The van der Waals surface area contributed by atoms with Crippen LogP contribution in [-0.4, -0.2) is 26.6 Å². The lowest BCUT2D eigenvalue weighted by molar-refractivity contribution is 0.152. The molecule has 298 valence electrons. The van der Waals surface area contributed by atoms with Crippen LogP contribution < -0.4 is 9.47 Å². The molecule has 0 unspecified atom stereocenters. The number of rotatable bonds is 4. The Balaban J connectivity index is 0.000000191. The van der Waals surface area contributed by atoms with E-state index in [0.717, 1.165) is 22.3 Å². The Bertz CT molecular complexity index is 2190. The minimum Gasteiger partial charge on any atom is -0.508 e. The number of aromatic hydroxyl groups is 4. The number of carbonyl (C=O) groups is 1. The average Bonchev–Trinajstić information content (AvgIpc) is 3.21.